The molecule has 0 radical (unpaired) electrons. The molecule has 0 unspecified atom stereocenters. The summed E-state index contributed by atoms with van der Waals surface area (Å²) in [5, 5.41) is 1.18. The van der Waals surface area contributed by atoms with Gasteiger partial charge in [0.25, 0.3) is 0 Å². The fourth-order valence-electron chi connectivity index (χ4n) is 1.44. The van der Waals surface area contributed by atoms with Crippen LogP contribution in [0.25, 0.3) is 10.9 Å². The van der Waals surface area contributed by atoms with Gasteiger partial charge in [-0.05, 0) is 29.1 Å². The largest absolute Gasteiger partial charge is 0.361 e. The van der Waals surface area contributed by atoms with Crippen molar-refractivity contribution in [2.45, 2.75) is 6.04 Å². The van der Waals surface area contributed by atoms with E-state index in [1.165, 1.54) is 5.39 Å². The lowest BCUT2D eigenvalue weighted by Crippen LogP contribution is -2.20. The first-order valence-corrected chi connectivity index (χ1v) is 4.34. The molecular weight excluding hydrogens is 162 g/mol. The first-order chi connectivity index (χ1) is 6.31. The Kier molecular flexibility index (Phi) is 2.04. The van der Waals surface area contributed by atoms with Gasteiger partial charge >= 0.3 is 0 Å². The molecule has 3 nitrogen and oxygen atoms in total. The summed E-state index contributed by atoms with van der Waals surface area (Å²) in [6, 6.07) is 8.08. The molecule has 1 atom stereocenters. The summed E-state index contributed by atoms with van der Waals surface area (Å²) < 4.78 is 0. The Hall–Kier alpha value is -1.32. The van der Waals surface area contributed by atoms with E-state index in [2.05, 4.69) is 11.1 Å². The summed E-state index contributed by atoms with van der Waals surface area (Å²) in [5.41, 5.74) is 13.5. The maximum atomic E-state index is 5.82. The zero-order valence-corrected chi connectivity index (χ0v) is 7.33. The predicted molar refractivity (Wildman–Crippen MR) is 54.3 cm³/mol. The van der Waals surface area contributed by atoms with E-state index in [9.17, 15) is 0 Å². The SMILES string of the molecule is NC[C@@H](N)c1ccc2[nH]ccc2c1. The fraction of sp³-hybridized carbons (Fsp3) is 0.200. The molecule has 0 saturated carbocycles. The van der Waals surface area contributed by atoms with Gasteiger partial charge in [-0.25, -0.2) is 0 Å². The second-order valence-corrected chi connectivity index (χ2v) is 3.17. The lowest BCUT2D eigenvalue weighted by Gasteiger charge is -2.08. The topological polar surface area (TPSA) is 67.8 Å². The molecule has 1 aromatic carbocycles. The maximum absolute atomic E-state index is 5.82. The highest BCUT2D eigenvalue weighted by Gasteiger charge is 2.03. The molecule has 0 aliphatic rings. The van der Waals surface area contributed by atoms with E-state index < -0.39 is 0 Å². The Morgan fingerprint density at radius 3 is 2.92 bits per heavy atom. The van der Waals surface area contributed by atoms with Crippen LogP contribution in [-0.4, -0.2) is 11.5 Å². The third-order valence-corrected chi connectivity index (χ3v) is 2.26. The van der Waals surface area contributed by atoms with Gasteiger partial charge in [-0.15, -0.1) is 0 Å². The molecule has 2 aromatic rings. The van der Waals surface area contributed by atoms with E-state index in [1.54, 1.807) is 0 Å². The summed E-state index contributed by atoms with van der Waals surface area (Å²) in [4.78, 5) is 3.13. The predicted octanol–water partition coefficient (Wildman–Crippen LogP) is 1.13. The Bertz CT molecular complexity index is 405. The highest BCUT2D eigenvalue weighted by Crippen LogP contribution is 2.17. The van der Waals surface area contributed by atoms with E-state index >= 15 is 0 Å². The molecule has 3 heteroatoms. The number of hydrogen-bond donors (Lipinski definition) is 3. The molecule has 2 rings (SSSR count). The molecule has 0 aliphatic heterocycles. The zero-order chi connectivity index (χ0) is 9.26. The van der Waals surface area contributed by atoms with Crippen molar-refractivity contribution in [3.05, 3.63) is 36.0 Å². The van der Waals surface area contributed by atoms with Crippen molar-refractivity contribution in [3.63, 3.8) is 0 Å². The number of nitrogens with two attached hydrogens (primary N) is 2. The molecule has 0 aliphatic carbocycles. The van der Waals surface area contributed by atoms with Gasteiger partial charge in [0.05, 0.1) is 0 Å². The molecule has 68 valence electrons. The minimum absolute atomic E-state index is 0.0562. The van der Waals surface area contributed by atoms with Gasteiger partial charge in [-0.3, -0.25) is 0 Å². The van der Waals surface area contributed by atoms with Crippen LogP contribution in [-0.2, 0) is 0 Å². The summed E-state index contributed by atoms with van der Waals surface area (Å²) in [5.74, 6) is 0. The number of nitrogens with one attached hydrogen (secondary N) is 1. The van der Waals surface area contributed by atoms with Crippen LogP contribution in [0.4, 0.5) is 0 Å². The number of rotatable bonds is 2. The Morgan fingerprint density at radius 1 is 1.31 bits per heavy atom. The third kappa shape index (κ3) is 1.43. The first-order valence-electron chi connectivity index (χ1n) is 4.34. The number of benzene rings is 1. The van der Waals surface area contributed by atoms with Gasteiger partial charge in [-0.2, -0.15) is 0 Å². The van der Waals surface area contributed by atoms with Crippen LogP contribution >= 0.6 is 0 Å². The van der Waals surface area contributed by atoms with E-state index in [-0.39, 0.29) is 6.04 Å². The molecule has 1 aromatic heterocycles. The highest BCUT2D eigenvalue weighted by molar-refractivity contribution is 5.80. The van der Waals surface area contributed by atoms with Crippen LogP contribution in [0.2, 0.25) is 0 Å². The molecule has 0 bridgehead atoms. The van der Waals surface area contributed by atoms with Crippen LogP contribution in [0.3, 0.4) is 0 Å². The van der Waals surface area contributed by atoms with Gasteiger partial charge in [0.2, 0.25) is 0 Å². The zero-order valence-electron chi connectivity index (χ0n) is 7.33. The van der Waals surface area contributed by atoms with Crippen molar-refractivity contribution >= 4 is 10.9 Å². The summed E-state index contributed by atoms with van der Waals surface area (Å²) in [6.07, 6.45) is 1.92. The van der Waals surface area contributed by atoms with Crippen molar-refractivity contribution in [1.29, 1.82) is 0 Å². The third-order valence-electron chi connectivity index (χ3n) is 2.26. The number of aromatic nitrogens is 1. The van der Waals surface area contributed by atoms with Gasteiger partial charge in [0, 0.05) is 24.3 Å². The van der Waals surface area contributed by atoms with Crippen molar-refractivity contribution in [1.82, 2.24) is 4.98 Å². The molecule has 1 heterocycles. The summed E-state index contributed by atoms with van der Waals surface area (Å²) in [7, 11) is 0. The molecular formula is C10H13N3. The van der Waals surface area contributed by atoms with Gasteiger partial charge in [0.1, 0.15) is 0 Å². The number of aromatic amines is 1. The second-order valence-electron chi connectivity index (χ2n) is 3.17. The number of hydrogen-bond acceptors (Lipinski definition) is 2. The monoisotopic (exact) mass is 175 g/mol. The molecule has 0 fully saturated rings. The lowest BCUT2D eigenvalue weighted by molar-refractivity contribution is 0.738. The summed E-state index contributed by atoms with van der Waals surface area (Å²) in [6.45, 7) is 0.482. The summed E-state index contributed by atoms with van der Waals surface area (Å²) >= 11 is 0. The van der Waals surface area contributed by atoms with E-state index in [4.69, 9.17) is 11.5 Å². The van der Waals surface area contributed by atoms with Crippen LogP contribution in [0, 0.1) is 0 Å². The standard InChI is InChI=1S/C10H13N3/c11-6-9(12)7-1-2-10-8(5-7)3-4-13-10/h1-5,9,13H,6,11-12H2/t9-/m1/s1. The van der Waals surface area contributed by atoms with Gasteiger partial charge in [-0.1, -0.05) is 6.07 Å². The van der Waals surface area contributed by atoms with Crippen LogP contribution in [0.5, 0.6) is 0 Å². The van der Waals surface area contributed by atoms with Crippen LogP contribution < -0.4 is 11.5 Å². The first kappa shape index (κ1) is 8.29. The normalized spacial score (nSPS) is 13.4. The van der Waals surface area contributed by atoms with E-state index in [1.807, 2.05) is 24.4 Å². The minimum Gasteiger partial charge on any atom is -0.361 e. The molecule has 5 N–H and O–H groups in total. The molecule has 13 heavy (non-hydrogen) atoms. The number of fused-ring (bicyclic) bond motifs is 1. The van der Waals surface area contributed by atoms with E-state index in [0.717, 1.165) is 11.1 Å². The highest BCUT2D eigenvalue weighted by atomic mass is 14.7. The Morgan fingerprint density at radius 2 is 2.15 bits per heavy atom. The second kappa shape index (κ2) is 3.20. The smallest absolute Gasteiger partial charge is 0.0454 e. The Balaban J connectivity index is 2.48. The maximum Gasteiger partial charge on any atom is 0.0454 e. The number of H-pyrrole nitrogens is 1. The van der Waals surface area contributed by atoms with Gasteiger partial charge in [0.15, 0.2) is 0 Å². The fourth-order valence-corrected chi connectivity index (χ4v) is 1.44. The van der Waals surface area contributed by atoms with Crippen molar-refractivity contribution < 1.29 is 0 Å². The average molecular weight is 175 g/mol. The lowest BCUT2D eigenvalue weighted by atomic mass is 10.1. The van der Waals surface area contributed by atoms with Crippen molar-refractivity contribution in [3.8, 4) is 0 Å². The average Bonchev–Trinajstić information content (AvgIpc) is 2.63. The molecule has 0 spiro atoms. The molecule has 0 saturated heterocycles. The van der Waals surface area contributed by atoms with Crippen LogP contribution in [0.1, 0.15) is 11.6 Å². The molecule has 0 amide bonds. The van der Waals surface area contributed by atoms with Crippen LogP contribution in [0.15, 0.2) is 30.5 Å². The van der Waals surface area contributed by atoms with Crippen molar-refractivity contribution in [2.75, 3.05) is 6.54 Å². The van der Waals surface area contributed by atoms with E-state index in [0.29, 0.717) is 6.54 Å². The van der Waals surface area contributed by atoms with Crippen molar-refractivity contribution in [2.24, 2.45) is 11.5 Å². The quantitative estimate of drug-likeness (QED) is 0.640. The minimum atomic E-state index is -0.0562. The Labute approximate surface area is 76.7 Å². The van der Waals surface area contributed by atoms with Gasteiger partial charge < -0.3 is 16.5 Å².